The molecule has 0 aliphatic heterocycles. The van der Waals surface area contributed by atoms with E-state index >= 15 is 0 Å². The molecular weight excluding hydrogens is 327 g/mol. The molecule has 0 bridgehead atoms. The zero-order valence-electron chi connectivity index (χ0n) is 11.8. The maximum Gasteiger partial charge on any atom is 0.337 e. The zero-order chi connectivity index (χ0) is 17.0. The van der Waals surface area contributed by atoms with Gasteiger partial charge in [0.2, 0.25) is 5.91 Å². The van der Waals surface area contributed by atoms with Crippen LogP contribution >= 0.6 is 11.6 Å². The third-order valence-corrected chi connectivity index (χ3v) is 3.31. The number of nitrogens with one attached hydrogen (secondary N) is 1. The predicted molar refractivity (Wildman–Crippen MR) is 80.9 cm³/mol. The van der Waals surface area contributed by atoms with Crippen LogP contribution in [-0.2, 0) is 17.9 Å². The second-order valence-electron chi connectivity index (χ2n) is 4.71. The van der Waals surface area contributed by atoms with Gasteiger partial charge in [-0.2, -0.15) is 0 Å². The summed E-state index contributed by atoms with van der Waals surface area (Å²) in [7, 11) is 0. The van der Waals surface area contributed by atoms with Gasteiger partial charge in [-0.05, 0) is 23.8 Å². The van der Waals surface area contributed by atoms with Crippen molar-refractivity contribution in [2.24, 2.45) is 0 Å². The van der Waals surface area contributed by atoms with Gasteiger partial charge < -0.3 is 15.0 Å². The molecule has 2 rings (SSSR count). The number of nitrogens with zero attached hydrogens (tertiary/aromatic N) is 1. The number of carboxylic acids is 1. The molecule has 120 valence electrons. The van der Waals surface area contributed by atoms with E-state index in [-0.39, 0.29) is 23.7 Å². The first-order valence-corrected chi connectivity index (χ1v) is 6.89. The van der Waals surface area contributed by atoms with Crippen LogP contribution in [0.1, 0.15) is 15.9 Å². The van der Waals surface area contributed by atoms with Crippen LogP contribution in [0.3, 0.4) is 0 Å². The monoisotopic (exact) mass is 338 g/mol. The van der Waals surface area contributed by atoms with Crippen molar-refractivity contribution < 1.29 is 19.1 Å². The molecule has 0 unspecified atom stereocenters. The molecule has 8 heteroatoms. The van der Waals surface area contributed by atoms with Gasteiger partial charge in [0.1, 0.15) is 12.4 Å². The van der Waals surface area contributed by atoms with Crippen LogP contribution in [0.2, 0.25) is 5.02 Å². The van der Waals surface area contributed by atoms with Crippen molar-refractivity contribution in [1.29, 1.82) is 0 Å². The average molecular weight is 339 g/mol. The van der Waals surface area contributed by atoms with Crippen LogP contribution in [0.25, 0.3) is 0 Å². The smallest absolute Gasteiger partial charge is 0.337 e. The number of rotatable bonds is 5. The van der Waals surface area contributed by atoms with E-state index in [0.717, 1.165) is 16.8 Å². The van der Waals surface area contributed by atoms with E-state index in [1.807, 2.05) is 0 Å². The van der Waals surface area contributed by atoms with Gasteiger partial charge in [-0.15, -0.1) is 0 Å². The summed E-state index contributed by atoms with van der Waals surface area (Å²) < 4.78 is 14.0. The molecule has 1 aromatic heterocycles. The summed E-state index contributed by atoms with van der Waals surface area (Å²) in [6, 6.07) is 6.29. The van der Waals surface area contributed by atoms with Crippen molar-refractivity contribution in [3.05, 3.63) is 68.8 Å². The lowest BCUT2D eigenvalue weighted by atomic mass is 10.2. The first kappa shape index (κ1) is 16.7. The number of hydrogen-bond donors (Lipinski definition) is 2. The van der Waals surface area contributed by atoms with Crippen molar-refractivity contribution in [2.45, 2.75) is 13.1 Å². The van der Waals surface area contributed by atoms with Gasteiger partial charge in [0, 0.05) is 18.8 Å². The standard InChI is InChI=1S/C15H12ClFN2O4/c16-11-5-9(1-3-12(11)17)6-18-13(20)8-19-7-10(15(22)23)2-4-14(19)21/h1-5,7H,6,8H2,(H,18,20)(H,22,23). The number of benzene rings is 1. The minimum Gasteiger partial charge on any atom is -0.478 e. The fourth-order valence-corrected chi connectivity index (χ4v) is 2.05. The molecular formula is C15H12ClFN2O4. The van der Waals surface area contributed by atoms with Gasteiger partial charge in [-0.3, -0.25) is 9.59 Å². The molecule has 1 amide bonds. The lowest BCUT2D eigenvalue weighted by Gasteiger charge is -2.08. The number of hydrogen-bond acceptors (Lipinski definition) is 3. The van der Waals surface area contributed by atoms with Crippen molar-refractivity contribution in [3.8, 4) is 0 Å². The Morgan fingerprint density at radius 1 is 1.26 bits per heavy atom. The highest BCUT2D eigenvalue weighted by Crippen LogP contribution is 2.15. The second kappa shape index (κ2) is 7.06. The Morgan fingerprint density at radius 2 is 2.00 bits per heavy atom. The Bertz CT molecular complexity index is 819. The molecule has 0 radical (unpaired) electrons. The molecule has 1 heterocycles. The number of carbonyl (C=O) groups is 2. The van der Waals surface area contributed by atoms with Gasteiger partial charge in [-0.1, -0.05) is 17.7 Å². The van der Waals surface area contributed by atoms with Crippen molar-refractivity contribution in [3.63, 3.8) is 0 Å². The molecule has 2 aromatic rings. The molecule has 0 fully saturated rings. The Labute approximate surface area is 135 Å². The van der Waals surface area contributed by atoms with Gasteiger partial charge in [0.15, 0.2) is 0 Å². The lowest BCUT2D eigenvalue weighted by molar-refractivity contribution is -0.121. The number of carbonyl (C=O) groups excluding carboxylic acids is 1. The largest absolute Gasteiger partial charge is 0.478 e. The van der Waals surface area contributed by atoms with Crippen LogP contribution in [0.15, 0.2) is 41.3 Å². The summed E-state index contributed by atoms with van der Waals surface area (Å²) in [6.07, 6.45) is 1.10. The Morgan fingerprint density at radius 3 is 2.65 bits per heavy atom. The lowest BCUT2D eigenvalue weighted by Crippen LogP contribution is -2.32. The van der Waals surface area contributed by atoms with Gasteiger partial charge in [0.05, 0.1) is 10.6 Å². The topological polar surface area (TPSA) is 88.4 Å². The van der Waals surface area contributed by atoms with Gasteiger partial charge >= 0.3 is 5.97 Å². The summed E-state index contributed by atoms with van der Waals surface area (Å²) in [5, 5.41) is 11.4. The van der Waals surface area contributed by atoms with E-state index in [4.69, 9.17) is 16.7 Å². The molecule has 0 spiro atoms. The highest BCUT2D eigenvalue weighted by atomic mass is 35.5. The highest BCUT2D eigenvalue weighted by Gasteiger charge is 2.09. The van der Waals surface area contributed by atoms with E-state index in [1.165, 1.54) is 24.3 Å². The van der Waals surface area contributed by atoms with E-state index in [1.54, 1.807) is 0 Å². The number of carboxylic acid groups (broad SMARTS) is 1. The fourth-order valence-electron chi connectivity index (χ4n) is 1.84. The van der Waals surface area contributed by atoms with Crippen LogP contribution in [0.5, 0.6) is 0 Å². The van der Waals surface area contributed by atoms with Crippen LogP contribution in [0, 0.1) is 5.82 Å². The summed E-state index contributed by atoms with van der Waals surface area (Å²) in [4.78, 5) is 34.3. The molecule has 0 aliphatic carbocycles. The molecule has 0 saturated heterocycles. The summed E-state index contributed by atoms with van der Waals surface area (Å²) in [5.74, 6) is -2.24. The average Bonchev–Trinajstić information content (AvgIpc) is 2.50. The molecule has 6 nitrogen and oxygen atoms in total. The van der Waals surface area contributed by atoms with E-state index in [0.29, 0.717) is 5.56 Å². The first-order valence-electron chi connectivity index (χ1n) is 6.51. The Balaban J connectivity index is 2.02. The van der Waals surface area contributed by atoms with Crippen molar-refractivity contribution in [2.75, 3.05) is 0 Å². The number of aromatic carboxylic acids is 1. The Kier molecular flexibility index (Phi) is 5.13. The predicted octanol–water partition coefficient (Wildman–Crippen LogP) is 1.66. The van der Waals surface area contributed by atoms with E-state index in [2.05, 4.69) is 5.32 Å². The van der Waals surface area contributed by atoms with Gasteiger partial charge in [-0.25, -0.2) is 9.18 Å². The van der Waals surface area contributed by atoms with Crippen LogP contribution < -0.4 is 10.9 Å². The summed E-state index contributed by atoms with van der Waals surface area (Å²) in [5.41, 5.74) is 0.00840. The molecule has 0 atom stereocenters. The highest BCUT2D eigenvalue weighted by molar-refractivity contribution is 6.30. The van der Waals surface area contributed by atoms with Crippen molar-refractivity contribution >= 4 is 23.5 Å². The molecule has 0 aliphatic rings. The number of pyridine rings is 1. The van der Waals surface area contributed by atoms with Crippen LogP contribution in [-0.4, -0.2) is 21.6 Å². The summed E-state index contributed by atoms with van der Waals surface area (Å²) >= 11 is 5.64. The van der Waals surface area contributed by atoms with E-state index in [9.17, 15) is 18.8 Å². The van der Waals surface area contributed by atoms with Crippen molar-refractivity contribution in [1.82, 2.24) is 9.88 Å². The maximum absolute atomic E-state index is 13.0. The minimum atomic E-state index is -1.19. The summed E-state index contributed by atoms with van der Waals surface area (Å²) in [6.45, 7) is -0.221. The van der Waals surface area contributed by atoms with Crippen LogP contribution in [0.4, 0.5) is 4.39 Å². The maximum atomic E-state index is 13.0. The SMILES string of the molecule is O=C(Cn1cc(C(=O)O)ccc1=O)NCc1ccc(F)c(Cl)c1. The second-order valence-corrected chi connectivity index (χ2v) is 5.12. The number of halogens is 2. The number of aromatic nitrogens is 1. The fraction of sp³-hybridized carbons (Fsp3) is 0.133. The molecule has 1 aromatic carbocycles. The third-order valence-electron chi connectivity index (χ3n) is 3.02. The molecule has 0 saturated carbocycles. The van der Waals surface area contributed by atoms with Gasteiger partial charge in [0.25, 0.3) is 5.56 Å². The first-order chi connectivity index (χ1) is 10.9. The van der Waals surface area contributed by atoms with E-state index < -0.39 is 23.3 Å². The normalized spacial score (nSPS) is 10.3. The molecule has 2 N–H and O–H groups in total. The minimum absolute atomic E-state index is 0.0536. The number of amides is 1. The zero-order valence-corrected chi connectivity index (χ0v) is 12.5. The third kappa shape index (κ3) is 4.40. The Hall–Kier alpha value is -2.67. The molecule has 23 heavy (non-hydrogen) atoms. The quantitative estimate of drug-likeness (QED) is 0.867.